The largest absolute Gasteiger partial charge is 0.481 e. The molecule has 0 rings (SSSR count). The first-order valence-corrected chi connectivity index (χ1v) is 10.2. The van der Waals surface area contributed by atoms with E-state index < -0.39 is 18.0 Å². The Balaban J connectivity index is 3.26. The molecule has 6 heteroatoms. The lowest BCUT2D eigenvalue weighted by molar-refractivity contribution is -0.150. The number of hydrogen-bond acceptors (Lipinski definition) is 5. The van der Waals surface area contributed by atoms with Gasteiger partial charge in [0.05, 0.1) is 18.9 Å². The maximum atomic E-state index is 11.2. The van der Waals surface area contributed by atoms with Crippen LogP contribution in [0.15, 0.2) is 0 Å². The number of aliphatic hydroxyl groups is 2. The number of hydrogen-bond donors (Lipinski definition) is 3. The first-order chi connectivity index (χ1) is 12.6. The van der Waals surface area contributed by atoms with Crippen molar-refractivity contribution in [3.8, 4) is 0 Å². The minimum absolute atomic E-state index is 0.0449. The van der Waals surface area contributed by atoms with E-state index in [1.54, 1.807) is 0 Å². The van der Waals surface area contributed by atoms with Crippen LogP contribution >= 0.6 is 0 Å². The van der Waals surface area contributed by atoms with Crippen molar-refractivity contribution in [2.75, 3.05) is 13.2 Å². The van der Waals surface area contributed by atoms with Gasteiger partial charge in [0, 0.05) is 6.61 Å². The molecule has 0 saturated carbocycles. The number of carboxylic acids is 1. The molecule has 0 aromatic carbocycles. The lowest BCUT2D eigenvalue weighted by Crippen LogP contribution is -2.19. The van der Waals surface area contributed by atoms with E-state index in [9.17, 15) is 14.7 Å². The molecule has 0 aliphatic carbocycles. The average Bonchev–Trinajstić information content (AvgIpc) is 2.62. The summed E-state index contributed by atoms with van der Waals surface area (Å²) in [5, 5.41) is 26.9. The molecule has 1 atom stereocenters. The van der Waals surface area contributed by atoms with Gasteiger partial charge in [-0.3, -0.25) is 9.59 Å². The van der Waals surface area contributed by atoms with E-state index >= 15 is 0 Å². The minimum Gasteiger partial charge on any atom is -0.481 e. The SMILES string of the molecule is O=C(O)CCC(=O)OCC(O)CCCCCCCCCCCCCCO. The summed E-state index contributed by atoms with van der Waals surface area (Å²) in [4.78, 5) is 21.6. The maximum absolute atomic E-state index is 11.2. The van der Waals surface area contributed by atoms with Gasteiger partial charge in [0.2, 0.25) is 0 Å². The monoisotopic (exact) mass is 374 g/mol. The second kappa shape index (κ2) is 18.6. The number of ether oxygens (including phenoxy) is 1. The summed E-state index contributed by atoms with van der Waals surface area (Å²) in [5.41, 5.74) is 0. The Morgan fingerprint density at radius 1 is 0.731 bits per heavy atom. The Labute approximate surface area is 157 Å². The number of carboxylic acid groups (broad SMARTS) is 1. The van der Waals surface area contributed by atoms with E-state index in [-0.39, 0.29) is 19.4 Å². The zero-order valence-electron chi connectivity index (χ0n) is 16.2. The molecule has 0 heterocycles. The van der Waals surface area contributed by atoms with Gasteiger partial charge >= 0.3 is 11.9 Å². The van der Waals surface area contributed by atoms with E-state index in [0.29, 0.717) is 13.0 Å². The Morgan fingerprint density at radius 2 is 1.19 bits per heavy atom. The fourth-order valence-corrected chi connectivity index (χ4v) is 2.81. The van der Waals surface area contributed by atoms with Crippen LogP contribution in [-0.4, -0.2) is 46.6 Å². The molecular formula is C20H38O6. The number of carbonyl (C=O) groups is 2. The third-order valence-corrected chi connectivity index (χ3v) is 4.43. The van der Waals surface area contributed by atoms with Crippen LogP contribution in [0.1, 0.15) is 96.3 Å². The second-order valence-corrected chi connectivity index (χ2v) is 6.99. The smallest absolute Gasteiger partial charge is 0.306 e. The lowest BCUT2D eigenvalue weighted by atomic mass is 10.0. The molecule has 26 heavy (non-hydrogen) atoms. The first kappa shape index (κ1) is 24.9. The molecule has 0 aliphatic heterocycles. The zero-order chi connectivity index (χ0) is 19.5. The third kappa shape index (κ3) is 19.2. The summed E-state index contributed by atoms with van der Waals surface area (Å²) in [5.74, 6) is -1.60. The number of rotatable bonds is 19. The molecule has 0 radical (unpaired) electrons. The van der Waals surface area contributed by atoms with Gasteiger partial charge in [0.15, 0.2) is 0 Å². The summed E-state index contributed by atoms with van der Waals surface area (Å²) >= 11 is 0. The third-order valence-electron chi connectivity index (χ3n) is 4.43. The fourth-order valence-electron chi connectivity index (χ4n) is 2.81. The quantitative estimate of drug-likeness (QED) is 0.234. The van der Waals surface area contributed by atoms with Crippen LogP contribution in [0.25, 0.3) is 0 Å². The van der Waals surface area contributed by atoms with Crippen molar-refractivity contribution in [2.24, 2.45) is 0 Å². The highest BCUT2D eigenvalue weighted by Crippen LogP contribution is 2.13. The van der Waals surface area contributed by atoms with Crippen LogP contribution in [0.4, 0.5) is 0 Å². The number of aliphatic carboxylic acids is 1. The minimum atomic E-state index is -1.03. The molecule has 0 fully saturated rings. The van der Waals surface area contributed by atoms with Gasteiger partial charge in [0.25, 0.3) is 0 Å². The summed E-state index contributed by atoms with van der Waals surface area (Å²) in [6, 6.07) is 0. The summed E-state index contributed by atoms with van der Waals surface area (Å²) < 4.78 is 4.85. The summed E-state index contributed by atoms with van der Waals surface area (Å²) in [6.45, 7) is 0.270. The van der Waals surface area contributed by atoms with Crippen molar-refractivity contribution >= 4 is 11.9 Å². The van der Waals surface area contributed by atoms with Gasteiger partial charge in [0.1, 0.15) is 6.61 Å². The normalized spacial score (nSPS) is 12.1. The van der Waals surface area contributed by atoms with Crippen LogP contribution in [0, 0.1) is 0 Å². The number of aliphatic hydroxyl groups excluding tert-OH is 2. The summed E-state index contributed by atoms with van der Waals surface area (Å²) in [7, 11) is 0. The molecule has 154 valence electrons. The van der Waals surface area contributed by atoms with Crippen LogP contribution < -0.4 is 0 Å². The zero-order valence-corrected chi connectivity index (χ0v) is 16.2. The van der Waals surface area contributed by atoms with Crippen LogP contribution in [0.3, 0.4) is 0 Å². The Hall–Kier alpha value is -1.14. The maximum Gasteiger partial charge on any atom is 0.306 e. The van der Waals surface area contributed by atoms with E-state index in [0.717, 1.165) is 25.7 Å². The number of unbranched alkanes of at least 4 members (excludes halogenated alkanes) is 11. The van der Waals surface area contributed by atoms with Gasteiger partial charge in [-0.2, -0.15) is 0 Å². The Bertz CT molecular complexity index is 345. The van der Waals surface area contributed by atoms with Gasteiger partial charge in [-0.1, -0.05) is 70.6 Å². The number of esters is 1. The highest BCUT2D eigenvalue weighted by Gasteiger charge is 2.10. The van der Waals surface area contributed by atoms with E-state index in [1.165, 1.54) is 51.4 Å². The van der Waals surface area contributed by atoms with Crippen LogP contribution in [-0.2, 0) is 14.3 Å². The van der Waals surface area contributed by atoms with Crippen molar-refractivity contribution in [1.29, 1.82) is 0 Å². The van der Waals surface area contributed by atoms with Crippen molar-refractivity contribution in [3.05, 3.63) is 0 Å². The van der Waals surface area contributed by atoms with Crippen LogP contribution in [0.2, 0.25) is 0 Å². The standard InChI is InChI=1S/C20H38O6/c21-16-12-10-8-6-4-2-1-3-5-7-9-11-13-18(22)17-26-20(25)15-14-19(23)24/h18,21-22H,1-17H2,(H,23,24). The van der Waals surface area contributed by atoms with E-state index in [2.05, 4.69) is 0 Å². The van der Waals surface area contributed by atoms with Crippen molar-refractivity contribution < 1.29 is 29.6 Å². The van der Waals surface area contributed by atoms with Crippen molar-refractivity contribution in [1.82, 2.24) is 0 Å². The molecule has 0 spiro atoms. The van der Waals surface area contributed by atoms with E-state index in [4.69, 9.17) is 14.9 Å². The second-order valence-electron chi connectivity index (χ2n) is 6.99. The predicted molar refractivity (Wildman–Crippen MR) is 101 cm³/mol. The topological polar surface area (TPSA) is 104 Å². The molecule has 0 aromatic heterocycles. The Morgan fingerprint density at radius 3 is 1.65 bits per heavy atom. The lowest BCUT2D eigenvalue weighted by Gasteiger charge is -2.11. The highest BCUT2D eigenvalue weighted by molar-refractivity contribution is 5.76. The average molecular weight is 375 g/mol. The predicted octanol–water partition coefficient (Wildman–Crippen LogP) is 3.82. The van der Waals surface area contributed by atoms with Gasteiger partial charge in [-0.05, 0) is 12.8 Å². The number of carbonyl (C=O) groups excluding carboxylic acids is 1. The molecule has 0 amide bonds. The van der Waals surface area contributed by atoms with Gasteiger partial charge in [-0.15, -0.1) is 0 Å². The molecule has 1 unspecified atom stereocenters. The van der Waals surface area contributed by atoms with Crippen molar-refractivity contribution in [3.63, 3.8) is 0 Å². The first-order valence-electron chi connectivity index (χ1n) is 10.2. The molecule has 6 nitrogen and oxygen atoms in total. The molecule has 0 bridgehead atoms. The van der Waals surface area contributed by atoms with Crippen molar-refractivity contribution in [2.45, 2.75) is 102 Å². The highest BCUT2D eigenvalue weighted by atomic mass is 16.5. The van der Waals surface area contributed by atoms with Gasteiger partial charge < -0.3 is 20.1 Å². The molecule has 0 saturated heterocycles. The summed E-state index contributed by atoms with van der Waals surface area (Å²) in [6.07, 6.45) is 13.7. The molecule has 0 aliphatic rings. The van der Waals surface area contributed by atoms with Crippen LogP contribution in [0.5, 0.6) is 0 Å². The molecule has 3 N–H and O–H groups in total. The molecular weight excluding hydrogens is 336 g/mol. The Kier molecular flexibility index (Phi) is 17.8. The fraction of sp³-hybridized carbons (Fsp3) is 0.900. The molecule has 0 aromatic rings. The van der Waals surface area contributed by atoms with E-state index in [1.807, 2.05) is 0 Å². The van der Waals surface area contributed by atoms with Gasteiger partial charge in [-0.25, -0.2) is 0 Å².